The highest BCUT2D eigenvalue weighted by Gasteiger charge is 2.02. The van der Waals surface area contributed by atoms with Crippen molar-refractivity contribution in [1.29, 1.82) is 0 Å². The number of carbonyl (C=O) groups is 2. The summed E-state index contributed by atoms with van der Waals surface area (Å²) in [4.78, 5) is 21.3. The molecule has 126 valence electrons. The number of hydrogen-bond acceptors (Lipinski definition) is 5. The second-order valence-electron chi connectivity index (χ2n) is 4.42. The Hall–Kier alpha value is -2.77. The van der Waals surface area contributed by atoms with Crippen molar-refractivity contribution >= 4 is 23.7 Å². The van der Waals surface area contributed by atoms with Crippen molar-refractivity contribution in [2.45, 2.75) is 16.3 Å². The zero-order chi connectivity index (χ0) is 17.9. The zero-order valence-electron chi connectivity index (χ0n) is 12.6. The topological polar surface area (TPSA) is 121 Å². The summed E-state index contributed by atoms with van der Waals surface area (Å²) < 4.78 is 0. The summed E-state index contributed by atoms with van der Waals surface area (Å²) in [6, 6.07) is 15.2. The normalized spacial score (nSPS) is 10.0. The van der Waals surface area contributed by atoms with Crippen LogP contribution in [-0.4, -0.2) is 27.3 Å². The van der Waals surface area contributed by atoms with E-state index in [-0.39, 0.29) is 5.75 Å². The molecule has 24 heavy (non-hydrogen) atoms. The molecule has 0 bridgehead atoms. The largest absolute Gasteiger partial charge is 0.508 e. The third-order valence-corrected chi connectivity index (χ3v) is 3.71. The van der Waals surface area contributed by atoms with Gasteiger partial charge in [-0.2, -0.15) is 0 Å². The number of benzene rings is 2. The van der Waals surface area contributed by atoms with Gasteiger partial charge >= 0.3 is 11.9 Å². The fourth-order valence-corrected chi connectivity index (χ4v) is 2.60. The summed E-state index contributed by atoms with van der Waals surface area (Å²) in [5, 5.41) is 25.0. The number of phenols is 1. The highest BCUT2D eigenvalue weighted by molar-refractivity contribution is 7.99. The lowest BCUT2D eigenvalue weighted by molar-refractivity contribution is -0.134. The molecule has 0 radical (unpaired) electrons. The molecule has 7 heteroatoms. The van der Waals surface area contributed by atoms with Crippen molar-refractivity contribution in [1.82, 2.24) is 0 Å². The van der Waals surface area contributed by atoms with Crippen LogP contribution in [0.15, 0.2) is 70.5 Å². The third-order valence-electron chi connectivity index (χ3n) is 2.61. The van der Waals surface area contributed by atoms with Crippen LogP contribution in [0.25, 0.3) is 0 Å². The van der Waals surface area contributed by atoms with E-state index in [0.29, 0.717) is 18.7 Å². The summed E-state index contributed by atoms with van der Waals surface area (Å²) in [5.74, 6) is -2.23. The van der Waals surface area contributed by atoms with Crippen LogP contribution in [0.1, 0.15) is 5.56 Å². The molecule has 0 heterocycles. The van der Waals surface area contributed by atoms with Crippen LogP contribution < -0.4 is 5.73 Å². The minimum atomic E-state index is -1.26. The Kier molecular flexibility index (Phi) is 8.10. The summed E-state index contributed by atoms with van der Waals surface area (Å²) in [7, 11) is 0. The van der Waals surface area contributed by atoms with E-state index in [9.17, 15) is 14.7 Å². The van der Waals surface area contributed by atoms with Crippen molar-refractivity contribution in [2.75, 3.05) is 0 Å². The molecule has 0 unspecified atom stereocenters. The molecule has 0 saturated carbocycles. The highest BCUT2D eigenvalue weighted by Crippen LogP contribution is 2.31. The number of carboxylic acid groups (broad SMARTS) is 2. The van der Waals surface area contributed by atoms with Crippen molar-refractivity contribution in [3.63, 3.8) is 0 Å². The van der Waals surface area contributed by atoms with Crippen LogP contribution in [0.2, 0.25) is 0 Å². The van der Waals surface area contributed by atoms with Gasteiger partial charge in [0.2, 0.25) is 0 Å². The molecule has 0 atom stereocenters. The second kappa shape index (κ2) is 10.1. The minimum absolute atomic E-state index is 0.287. The lowest BCUT2D eigenvalue weighted by Crippen LogP contribution is -1.97. The van der Waals surface area contributed by atoms with Gasteiger partial charge in [0.1, 0.15) is 5.75 Å². The number of phenolic OH excluding ortho intramolecular Hbond substituents is 1. The van der Waals surface area contributed by atoms with Gasteiger partial charge in [0.15, 0.2) is 0 Å². The first-order valence-electron chi connectivity index (χ1n) is 6.81. The van der Waals surface area contributed by atoms with Crippen LogP contribution in [-0.2, 0) is 16.1 Å². The van der Waals surface area contributed by atoms with Crippen LogP contribution in [0.5, 0.6) is 5.75 Å². The molecule has 2 aromatic carbocycles. The summed E-state index contributed by atoms with van der Waals surface area (Å²) in [6.07, 6.45) is 1.12. The lowest BCUT2D eigenvalue weighted by atomic mass is 10.2. The van der Waals surface area contributed by atoms with E-state index in [0.717, 1.165) is 15.4 Å². The molecule has 2 rings (SSSR count). The van der Waals surface area contributed by atoms with E-state index in [1.165, 1.54) is 0 Å². The van der Waals surface area contributed by atoms with Gasteiger partial charge in [-0.3, -0.25) is 0 Å². The molecule has 0 amide bonds. The van der Waals surface area contributed by atoms with Gasteiger partial charge in [0.25, 0.3) is 0 Å². The van der Waals surface area contributed by atoms with E-state index in [2.05, 4.69) is 0 Å². The first kappa shape index (κ1) is 19.3. The van der Waals surface area contributed by atoms with Crippen molar-refractivity contribution < 1.29 is 24.9 Å². The number of aromatic hydroxyl groups is 1. The maximum Gasteiger partial charge on any atom is 0.328 e. The predicted molar refractivity (Wildman–Crippen MR) is 91.0 cm³/mol. The molecule has 0 aliphatic rings. The maximum absolute atomic E-state index is 9.55. The Labute approximate surface area is 143 Å². The first-order valence-corrected chi connectivity index (χ1v) is 7.63. The number of nitrogens with two attached hydrogens (primary N) is 1. The number of hydrogen-bond donors (Lipinski definition) is 4. The Balaban J connectivity index is 0.000000307. The van der Waals surface area contributed by atoms with E-state index in [4.69, 9.17) is 15.9 Å². The Morgan fingerprint density at radius 3 is 2.17 bits per heavy atom. The molecular formula is C17H17NO5S. The van der Waals surface area contributed by atoms with Crippen LogP contribution >= 0.6 is 11.8 Å². The van der Waals surface area contributed by atoms with Crippen LogP contribution in [0.3, 0.4) is 0 Å². The van der Waals surface area contributed by atoms with E-state index >= 15 is 0 Å². The summed E-state index contributed by atoms with van der Waals surface area (Å²) in [5.41, 5.74) is 6.79. The molecule has 0 saturated heterocycles. The fourth-order valence-electron chi connectivity index (χ4n) is 1.59. The van der Waals surface area contributed by atoms with Gasteiger partial charge in [-0.25, -0.2) is 9.59 Å². The first-order chi connectivity index (χ1) is 11.4. The van der Waals surface area contributed by atoms with Gasteiger partial charge in [0, 0.05) is 28.5 Å². The zero-order valence-corrected chi connectivity index (χ0v) is 13.4. The quantitative estimate of drug-likeness (QED) is 0.614. The van der Waals surface area contributed by atoms with Gasteiger partial charge in [-0.05, 0) is 29.8 Å². The molecule has 0 spiro atoms. The molecule has 0 aliphatic carbocycles. The summed E-state index contributed by atoms with van der Waals surface area (Å²) >= 11 is 1.61. The van der Waals surface area contributed by atoms with E-state index in [1.54, 1.807) is 23.9 Å². The smallest absolute Gasteiger partial charge is 0.328 e. The van der Waals surface area contributed by atoms with E-state index in [1.807, 2.05) is 36.4 Å². The number of aliphatic carboxylic acids is 2. The van der Waals surface area contributed by atoms with E-state index < -0.39 is 11.9 Å². The average Bonchev–Trinajstić information content (AvgIpc) is 2.54. The standard InChI is InChI=1S/C13H13NOS.C4H4O4/c14-9-10-4-1-2-7-13(10)16-12-6-3-5-11(15)8-12;5-3(6)1-2-4(7)8/h1-8,15H,9,14H2;1-2H,(H,5,6)(H,7,8). The number of carboxylic acids is 2. The Bertz CT molecular complexity index is 714. The molecule has 2 aromatic rings. The van der Waals surface area contributed by atoms with Crippen molar-refractivity contribution in [3.8, 4) is 5.75 Å². The van der Waals surface area contributed by atoms with Crippen molar-refractivity contribution in [2.24, 2.45) is 5.73 Å². The molecule has 5 N–H and O–H groups in total. The van der Waals surface area contributed by atoms with Gasteiger partial charge in [-0.1, -0.05) is 36.0 Å². The maximum atomic E-state index is 9.55. The van der Waals surface area contributed by atoms with Crippen molar-refractivity contribution in [3.05, 3.63) is 66.2 Å². The average molecular weight is 347 g/mol. The molecule has 0 fully saturated rings. The lowest BCUT2D eigenvalue weighted by Gasteiger charge is -2.07. The van der Waals surface area contributed by atoms with Crippen LogP contribution in [0, 0.1) is 0 Å². The van der Waals surface area contributed by atoms with Gasteiger partial charge in [-0.15, -0.1) is 0 Å². The molecule has 0 aromatic heterocycles. The predicted octanol–water partition coefficient (Wildman–Crippen LogP) is 2.71. The minimum Gasteiger partial charge on any atom is -0.508 e. The third kappa shape index (κ3) is 7.48. The number of rotatable bonds is 5. The Morgan fingerprint density at radius 2 is 1.62 bits per heavy atom. The molecule has 6 nitrogen and oxygen atoms in total. The monoisotopic (exact) mass is 347 g/mol. The van der Waals surface area contributed by atoms with Crippen LogP contribution in [0.4, 0.5) is 0 Å². The fraction of sp³-hybridized carbons (Fsp3) is 0.0588. The van der Waals surface area contributed by atoms with Gasteiger partial charge < -0.3 is 21.1 Å². The highest BCUT2D eigenvalue weighted by atomic mass is 32.2. The summed E-state index contributed by atoms with van der Waals surface area (Å²) in [6.45, 7) is 0.530. The second-order valence-corrected chi connectivity index (χ2v) is 5.54. The molecule has 0 aliphatic heterocycles. The SMILES string of the molecule is NCc1ccccc1Sc1cccc(O)c1.O=C(O)C=CC(=O)O. The Morgan fingerprint density at radius 1 is 1.00 bits per heavy atom. The van der Waals surface area contributed by atoms with Gasteiger partial charge in [0.05, 0.1) is 0 Å². The molecular weight excluding hydrogens is 330 g/mol.